The fourth-order valence-electron chi connectivity index (χ4n) is 1.66. The van der Waals surface area contributed by atoms with E-state index in [2.05, 4.69) is 33.0 Å². The minimum Gasteiger partial charge on any atom is -0.224 e. The van der Waals surface area contributed by atoms with Crippen molar-refractivity contribution in [2.24, 2.45) is 0 Å². The van der Waals surface area contributed by atoms with Crippen LogP contribution in [0.4, 0.5) is 0 Å². The third-order valence-corrected chi connectivity index (χ3v) is 3.61. The molecule has 1 aromatic carbocycles. The molecule has 0 amide bonds. The average Bonchev–Trinajstić information content (AvgIpc) is 2.33. The van der Waals surface area contributed by atoms with Crippen LogP contribution >= 0.6 is 39.1 Å². The molecule has 2 rings (SSSR count). The van der Waals surface area contributed by atoms with Gasteiger partial charge in [-0.15, -0.1) is 0 Å². The fraction of sp³-hybridized carbons (Fsp3) is 0.154. The van der Waals surface area contributed by atoms with Crippen LogP contribution in [0, 0.1) is 0 Å². The van der Waals surface area contributed by atoms with E-state index in [4.69, 9.17) is 23.2 Å². The highest BCUT2D eigenvalue weighted by molar-refractivity contribution is 9.08. The van der Waals surface area contributed by atoms with Crippen LogP contribution in [-0.2, 0) is 11.8 Å². The first-order valence-electron chi connectivity index (χ1n) is 5.14. The first kappa shape index (κ1) is 12.9. The van der Waals surface area contributed by atoms with Crippen LogP contribution in [0.25, 0.3) is 0 Å². The van der Waals surface area contributed by atoms with Crippen LogP contribution in [0.5, 0.6) is 0 Å². The summed E-state index contributed by atoms with van der Waals surface area (Å²) in [5.74, 6) is 0. The number of halogens is 3. The average molecular weight is 331 g/mol. The van der Waals surface area contributed by atoms with Crippen LogP contribution in [0.3, 0.4) is 0 Å². The molecule has 0 aliphatic heterocycles. The molecule has 0 fully saturated rings. The van der Waals surface area contributed by atoms with Gasteiger partial charge in [-0.25, -0.2) is 4.98 Å². The summed E-state index contributed by atoms with van der Waals surface area (Å²) in [6.45, 7) is 0. The Morgan fingerprint density at radius 2 is 1.82 bits per heavy atom. The lowest BCUT2D eigenvalue weighted by atomic mass is 10.0. The molecule has 2 aromatic rings. The molecule has 17 heavy (non-hydrogen) atoms. The number of benzene rings is 1. The predicted molar refractivity (Wildman–Crippen MR) is 76.1 cm³/mol. The van der Waals surface area contributed by atoms with Crippen molar-refractivity contribution in [3.8, 4) is 0 Å². The van der Waals surface area contributed by atoms with E-state index in [1.54, 1.807) is 0 Å². The van der Waals surface area contributed by atoms with E-state index in [1.807, 2.05) is 24.3 Å². The lowest BCUT2D eigenvalue weighted by Crippen LogP contribution is -1.97. The Morgan fingerprint density at radius 1 is 1.12 bits per heavy atom. The second-order valence-corrected chi connectivity index (χ2v) is 4.98. The molecule has 4 heteroatoms. The van der Waals surface area contributed by atoms with Gasteiger partial charge in [0, 0.05) is 11.8 Å². The minimum absolute atomic E-state index is 0.432. The normalized spacial score (nSPS) is 10.5. The summed E-state index contributed by atoms with van der Waals surface area (Å²) in [6.07, 6.45) is 0.769. The molecule has 1 aromatic heterocycles. The maximum atomic E-state index is 6.15. The van der Waals surface area contributed by atoms with Gasteiger partial charge >= 0.3 is 0 Å². The Hall–Kier alpha value is -0.570. The van der Waals surface area contributed by atoms with Gasteiger partial charge in [0.05, 0.1) is 0 Å². The number of nitrogens with zero attached hydrogens (tertiary/aromatic N) is 1. The van der Waals surface area contributed by atoms with Gasteiger partial charge in [0.2, 0.25) is 0 Å². The molecular weight excluding hydrogens is 321 g/mol. The minimum atomic E-state index is 0.432. The van der Waals surface area contributed by atoms with Crippen molar-refractivity contribution < 1.29 is 0 Å². The van der Waals surface area contributed by atoms with Gasteiger partial charge in [-0.1, -0.05) is 69.5 Å². The van der Waals surface area contributed by atoms with Crippen molar-refractivity contribution in [3.05, 3.63) is 63.4 Å². The third-order valence-electron chi connectivity index (χ3n) is 2.50. The van der Waals surface area contributed by atoms with Gasteiger partial charge in [0.25, 0.3) is 0 Å². The van der Waals surface area contributed by atoms with E-state index in [1.165, 1.54) is 5.56 Å². The Labute approximate surface area is 119 Å². The second kappa shape index (κ2) is 5.85. The Morgan fingerprint density at radius 3 is 2.47 bits per heavy atom. The molecule has 0 saturated carbocycles. The molecule has 0 spiro atoms. The summed E-state index contributed by atoms with van der Waals surface area (Å²) < 4.78 is 0. The summed E-state index contributed by atoms with van der Waals surface area (Å²) in [5, 5.41) is 1.63. The summed E-state index contributed by atoms with van der Waals surface area (Å²) in [7, 11) is 0. The number of pyridine rings is 1. The van der Waals surface area contributed by atoms with Crippen molar-refractivity contribution >= 4 is 39.1 Å². The quantitative estimate of drug-likeness (QED) is 0.577. The maximum absolute atomic E-state index is 6.15. The lowest BCUT2D eigenvalue weighted by molar-refractivity contribution is 1.11. The van der Waals surface area contributed by atoms with E-state index in [9.17, 15) is 0 Å². The molecule has 0 atom stereocenters. The van der Waals surface area contributed by atoms with Crippen LogP contribution in [0.2, 0.25) is 10.3 Å². The molecular formula is C13H10BrCl2N. The van der Waals surface area contributed by atoms with E-state index in [0.717, 1.165) is 22.9 Å². The Bertz CT molecular complexity index is 514. The van der Waals surface area contributed by atoms with Gasteiger partial charge in [0.15, 0.2) is 0 Å². The van der Waals surface area contributed by atoms with Crippen molar-refractivity contribution in [2.75, 3.05) is 0 Å². The SMILES string of the molecule is Clc1cc(CBr)c(Cc2ccccc2)c(Cl)n1. The largest absolute Gasteiger partial charge is 0.224 e. The maximum Gasteiger partial charge on any atom is 0.134 e. The number of rotatable bonds is 3. The molecule has 0 aliphatic rings. The Kier molecular flexibility index (Phi) is 4.43. The van der Waals surface area contributed by atoms with Gasteiger partial charge in [-0.05, 0) is 22.8 Å². The lowest BCUT2D eigenvalue weighted by Gasteiger charge is -2.09. The van der Waals surface area contributed by atoms with Crippen LogP contribution < -0.4 is 0 Å². The van der Waals surface area contributed by atoms with Crippen molar-refractivity contribution in [3.63, 3.8) is 0 Å². The summed E-state index contributed by atoms with van der Waals surface area (Å²) in [4.78, 5) is 4.09. The summed E-state index contributed by atoms with van der Waals surface area (Å²) in [5.41, 5.74) is 3.32. The smallest absolute Gasteiger partial charge is 0.134 e. The predicted octanol–water partition coefficient (Wildman–Crippen LogP) is 4.87. The first-order chi connectivity index (χ1) is 8.20. The molecule has 0 unspecified atom stereocenters. The number of aromatic nitrogens is 1. The molecule has 0 aliphatic carbocycles. The second-order valence-electron chi connectivity index (χ2n) is 3.67. The van der Waals surface area contributed by atoms with Crippen LogP contribution in [-0.4, -0.2) is 4.98 Å². The van der Waals surface area contributed by atoms with Crippen LogP contribution in [0.1, 0.15) is 16.7 Å². The Balaban J connectivity index is 2.38. The van der Waals surface area contributed by atoms with Crippen molar-refractivity contribution in [2.45, 2.75) is 11.8 Å². The molecule has 88 valence electrons. The van der Waals surface area contributed by atoms with Gasteiger partial charge in [-0.3, -0.25) is 0 Å². The highest BCUT2D eigenvalue weighted by Crippen LogP contribution is 2.26. The van der Waals surface area contributed by atoms with Crippen molar-refractivity contribution in [1.29, 1.82) is 0 Å². The van der Waals surface area contributed by atoms with Gasteiger partial charge < -0.3 is 0 Å². The standard InChI is InChI=1S/C13H10BrCl2N/c14-8-10-7-12(15)17-13(16)11(10)6-9-4-2-1-3-5-9/h1-5,7H,6,8H2. The van der Waals surface area contributed by atoms with E-state index >= 15 is 0 Å². The van der Waals surface area contributed by atoms with E-state index in [0.29, 0.717) is 10.3 Å². The first-order valence-corrected chi connectivity index (χ1v) is 7.02. The zero-order chi connectivity index (χ0) is 12.3. The summed E-state index contributed by atoms with van der Waals surface area (Å²) >= 11 is 15.5. The third kappa shape index (κ3) is 3.21. The van der Waals surface area contributed by atoms with Gasteiger partial charge in [-0.2, -0.15) is 0 Å². The zero-order valence-corrected chi connectivity index (χ0v) is 12.1. The number of hydrogen-bond acceptors (Lipinski definition) is 1. The van der Waals surface area contributed by atoms with Crippen molar-refractivity contribution in [1.82, 2.24) is 4.98 Å². The van der Waals surface area contributed by atoms with Crippen LogP contribution in [0.15, 0.2) is 36.4 Å². The monoisotopic (exact) mass is 329 g/mol. The fourth-order valence-corrected chi connectivity index (χ4v) is 2.70. The number of hydrogen-bond donors (Lipinski definition) is 0. The molecule has 1 heterocycles. The molecule has 0 saturated heterocycles. The van der Waals surface area contributed by atoms with E-state index < -0.39 is 0 Å². The highest BCUT2D eigenvalue weighted by Gasteiger charge is 2.10. The zero-order valence-electron chi connectivity index (χ0n) is 8.96. The number of alkyl halides is 1. The van der Waals surface area contributed by atoms with Gasteiger partial charge in [0.1, 0.15) is 10.3 Å². The molecule has 0 bridgehead atoms. The molecule has 1 nitrogen and oxygen atoms in total. The molecule has 0 N–H and O–H groups in total. The topological polar surface area (TPSA) is 12.9 Å². The molecule has 0 radical (unpaired) electrons. The summed E-state index contributed by atoms with van der Waals surface area (Å²) in [6, 6.07) is 12.0. The van der Waals surface area contributed by atoms with E-state index in [-0.39, 0.29) is 0 Å². The highest BCUT2D eigenvalue weighted by atomic mass is 79.9.